The molecule has 0 amide bonds. The summed E-state index contributed by atoms with van der Waals surface area (Å²) >= 11 is 0. The number of alkyl halides is 3. The van der Waals surface area contributed by atoms with Crippen molar-refractivity contribution in [1.29, 1.82) is 0 Å². The van der Waals surface area contributed by atoms with Gasteiger partial charge < -0.3 is 9.52 Å². The average molecular weight is 574 g/mol. The van der Waals surface area contributed by atoms with E-state index in [0.29, 0.717) is 18.7 Å². The zero-order valence-electron chi connectivity index (χ0n) is 23.4. The lowest BCUT2D eigenvalue weighted by Gasteiger charge is -2.22. The minimum Gasteiger partial charge on any atom is -0.481 e. The summed E-state index contributed by atoms with van der Waals surface area (Å²) in [6.07, 6.45) is -4.56. The Balaban J connectivity index is 1.41. The van der Waals surface area contributed by atoms with Gasteiger partial charge in [-0.05, 0) is 67.3 Å². The van der Waals surface area contributed by atoms with E-state index in [9.17, 15) is 23.1 Å². The summed E-state index contributed by atoms with van der Waals surface area (Å²) in [4.78, 5) is 23.1. The lowest BCUT2D eigenvalue weighted by Crippen LogP contribution is -2.28. The van der Waals surface area contributed by atoms with Crippen LogP contribution in [0.4, 0.5) is 13.2 Å². The molecule has 0 fully saturated rings. The first-order valence-corrected chi connectivity index (χ1v) is 13.4. The van der Waals surface area contributed by atoms with Crippen LogP contribution in [0.2, 0.25) is 0 Å². The number of aliphatic carboxylic acids is 1. The number of carboxylic acid groups (broad SMARTS) is 1. The Morgan fingerprint density at radius 3 is 2.17 bits per heavy atom. The van der Waals surface area contributed by atoms with E-state index in [2.05, 4.69) is 4.98 Å². The summed E-state index contributed by atoms with van der Waals surface area (Å²) in [5.74, 6) is -1.74. The number of hydrogen-bond acceptors (Lipinski definition) is 5. The lowest BCUT2D eigenvalue weighted by molar-refractivity contribution is -0.153. The summed E-state index contributed by atoms with van der Waals surface area (Å²) in [5.41, 5.74) is 5.41. The molecular weight excluding hydrogens is 543 g/mol. The molecule has 2 aromatic heterocycles. The van der Waals surface area contributed by atoms with Gasteiger partial charge in [0.1, 0.15) is 5.76 Å². The highest BCUT2D eigenvalue weighted by Gasteiger charge is 2.35. The van der Waals surface area contributed by atoms with Crippen molar-refractivity contribution in [1.82, 2.24) is 14.9 Å². The Morgan fingerprint density at radius 1 is 0.833 bits per heavy atom. The Bertz CT molecular complexity index is 1730. The highest BCUT2D eigenvalue weighted by atomic mass is 19.4. The number of para-hydroxylation sites is 2. The van der Waals surface area contributed by atoms with Crippen molar-refractivity contribution in [3.8, 4) is 11.1 Å². The molecule has 3 aromatic carbocycles. The number of halogens is 3. The van der Waals surface area contributed by atoms with Crippen molar-refractivity contribution in [3.05, 3.63) is 119 Å². The molecule has 0 saturated heterocycles. The van der Waals surface area contributed by atoms with Crippen molar-refractivity contribution >= 4 is 17.0 Å². The molecule has 0 spiro atoms. The Labute approximate surface area is 241 Å². The van der Waals surface area contributed by atoms with Gasteiger partial charge in [0, 0.05) is 13.1 Å². The lowest BCUT2D eigenvalue weighted by atomic mass is 9.83. The van der Waals surface area contributed by atoms with Gasteiger partial charge in [0.2, 0.25) is 5.76 Å². The highest BCUT2D eigenvalue weighted by molar-refractivity contribution is 5.81. The zero-order chi connectivity index (χ0) is 30.1. The van der Waals surface area contributed by atoms with Crippen LogP contribution in [0.3, 0.4) is 0 Å². The number of rotatable bonds is 9. The number of carboxylic acids is 1. The van der Waals surface area contributed by atoms with E-state index in [4.69, 9.17) is 9.40 Å². The SMILES string of the molecule is Cc1nc2ccccc2nc1CN(Cc1ccc(-c2cccc(C(C)(C)C(=O)O)c2)cc1)Cc1ccc(C(F)(F)F)o1. The molecule has 5 rings (SSSR count). The fourth-order valence-corrected chi connectivity index (χ4v) is 4.76. The van der Waals surface area contributed by atoms with Crippen LogP contribution in [0.1, 0.15) is 47.9 Å². The van der Waals surface area contributed by atoms with Gasteiger partial charge in [-0.1, -0.05) is 60.7 Å². The van der Waals surface area contributed by atoms with Crippen molar-refractivity contribution < 1.29 is 27.5 Å². The molecular formula is C33H30F3N3O3. The molecule has 0 radical (unpaired) electrons. The molecule has 216 valence electrons. The van der Waals surface area contributed by atoms with Gasteiger partial charge >= 0.3 is 12.1 Å². The quantitative estimate of drug-likeness (QED) is 0.194. The highest BCUT2D eigenvalue weighted by Crippen LogP contribution is 2.32. The predicted octanol–water partition coefficient (Wildman–Crippen LogP) is 7.78. The summed E-state index contributed by atoms with van der Waals surface area (Å²) in [6.45, 7) is 6.12. The first kappa shape index (κ1) is 29.0. The number of benzene rings is 3. The third-order valence-electron chi connectivity index (χ3n) is 7.35. The molecule has 0 saturated carbocycles. The largest absolute Gasteiger partial charge is 0.481 e. The van der Waals surface area contributed by atoms with Gasteiger partial charge in [0.15, 0.2) is 0 Å². The molecule has 5 aromatic rings. The molecule has 1 N–H and O–H groups in total. The molecule has 0 aliphatic carbocycles. The third-order valence-corrected chi connectivity index (χ3v) is 7.35. The van der Waals surface area contributed by atoms with E-state index in [-0.39, 0.29) is 12.3 Å². The van der Waals surface area contributed by atoms with Crippen LogP contribution in [-0.2, 0) is 36.0 Å². The fourth-order valence-electron chi connectivity index (χ4n) is 4.76. The van der Waals surface area contributed by atoms with E-state index in [1.165, 1.54) is 6.07 Å². The fraction of sp³-hybridized carbons (Fsp3) is 0.242. The number of fused-ring (bicyclic) bond motifs is 1. The van der Waals surface area contributed by atoms with Gasteiger partial charge in [-0.3, -0.25) is 9.69 Å². The van der Waals surface area contributed by atoms with Crippen LogP contribution in [-0.4, -0.2) is 25.9 Å². The monoisotopic (exact) mass is 573 g/mol. The molecule has 0 aliphatic rings. The van der Waals surface area contributed by atoms with Crippen LogP contribution in [0.25, 0.3) is 22.2 Å². The average Bonchev–Trinajstić information content (AvgIpc) is 3.43. The number of furan rings is 1. The summed E-state index contributed by atoms with van der Waals surface area (Å²) < 4.78 is 44.7. The minimum absolute atomic E-state index is 0.137. The second-order valence-electron chi connectivity index (χ2n) is 10.9. The Morgan fingerprint density at radius 2 is 1.52 bits per heavy atom. The molecule has 6 nitrogen and oxygen atoms in total. The van der Waals surface area contributed by atoms with E-state index in [0.717, 1.165) is 45.2 Å². The summed E-state index contributed by atoms with van der Waals surface area (Å²) in [6, 6.07) is 25.1. The molecule has 42 heavy (non-hydrogen) atoms. The normalized spacial score (nSPS) is 12.3. The third kappa shape index (κ3) is 6.36. The Hall–Kier alpha value is -4.50. The van der Waals surface area contributed by atoms with Crippen LogP contribution < -0.4 is 0 Å². The van der Waals surface area contributed by atoms with E-state index >= 15 is 0 Å². The van der Waals surface area contributed by atoms with Crippen molar-refractivity contribution in [2.75, 3.05) is 0 Å². The van der Waals surface area contributed by atoms with Crippen LogP contribution >= 0.6 is 0 Å². The molecule has 0 unspecified atom stereocenters. The van der Waals surface area contributed by atoms with Crippen molar-refractivity contribution in [2.45, 2.75) is 52.0 Å². The van der Waals surface area contributed by atoms with E-state index in [1.807, 2.05) is 78.6 Å². The molecule has 0 atom stereocenters. The van der Waals surface area contributed by atoms with Crippen LogP contribution in [0, 0.1) is 6.92 Å². The topological polar surface area (TPSA) is 79.5 Å². The van der Waals surface area contributed by atoms with Gasteiger partial charge in [-0.2, -0.15) is 13.2 Å². The smallest absolute Gasteiger partial charge is 0.449 e. The van der Waals surface area contributed by atoms with Gasteiger partial charge in [0.05, 0.1) is 34.4 Å². The number of nitrogens with zero attached hydrogens (tertiary/aromatic N) is 3. The van der Waals surface area contributed by atoms with Crippen molar-refractivity contribution in [2.24, 2.45) is 0 Å². The predicted molar refractivity (Wildman–Crippen MR) is 153 cm³/mol. The summed E-state index contributed by atoms with van der Waals surface area (Å²) in [7, 11) is 0. The van der Waals surface area contributed by atoms with Gasteiger partial charge in [-0.25, -0.2) is 9.97 Å². The maximum atomic E-state index is 13.2. The Kier molecular flexibility index (Phi) is 7.88. The van der Waals surface area contributed by atoms with Crippen molar-refractivity contribution in [3.63, 3.8) is 0 Å². The number of aromatic nitrogens is 2. The van der Waals surface area contributed by atoms with E-state index in [1.54, 1.807) is 19.9 Å². The molecule has 0 aliphatic heterocycles. The van der Waals surface area contributed by atoms with Crippen LogP contribution in [0.15, 0.2) is 89.3 Å². The van der Waals surface area contributed by atoms with Gasteiger partial charge in [0.25, 0.3) is 0 Å². The number of aryl methyl sites for hydroxylation is 1. The standard InChI is InChI=1S/C33H30F3N3O3/c1-21-29(38-28-10-5-4-9-27(28)37-21)20-39(19-26-15-16-30(42-26)33(34,35)36)18-22-11-13-23(14-12-22)24-7-6-8-25(17-24)32(2,3)31(40)41/h4-17H,18-20H2,1-3H3,(H,40,41). The zero-order valence-corrected chi connectivity index (χ0v) is 23.4. The van der Waals surface area contributed by atoms with Crippen LogP contribution in [0.5, 0.6) is 0 Å². The summed E-state index contributed by atoms with van der Waals surface area (Å²) in [5, 5.41) is 9.62. The van der Waals surface area contributed by atoms with E-state index < -0.39 is 23.3 Å². The maximum absolute atomic E-state index is 13.2. The second-order valence-corrected chi connectivity index (χ2v) is 10.9. The first-order valence-electron chi connectivity index (χ1n) is 13.4. The maximum Gasteiger partial charge on any atom is 0.449 e. The molecule has 9 heteroatoms. The minimum atomic E-state index is -4.56. The molecule has 0 bridgehead atoms. The number of carbonyl (C=O) groups is 1. The number of hydrogen-bond donors (Lipinski definition) is 1. The molecule has 2 heterocycles. The van der Waals surface area contributed by atoms with Gasteiger partial charge in [-0.15, -0.1) is 0 Å². The first-order chi connectivity index (χ1) is 19.9. The second kappa shape index (κ2) is 11.4.